The maximum Gasteiger partial charge on any atom is 0.249 e. The molecule has 0 unspecified atom stereocenters. The van der Waals surface area contributed by atoms with E-state index in [4.69, 9.17) is 5.73 Å². The summed E-state index contributed by atoms with van der Waals surface area (Å²) in [5.74, 6) is -0.423. The lowest BCUT2D eigenvalue weighted by atomic mass is 10.0. The number of benzene rings is 2. The van der Waals surface area contributed by atoms with Gasteiger partial charge in [0, 0.05) is 4.47 Å². The van der Waals surface area contributed by atoms with Crippen molar-refractivity contribution in [3.63, 3.8) is 0 Å². The van der Waals surface area contributed by atoms with E-state index in [9.17, 15) is 4.79 Å². The molecule has 86 valence electrons. The molecule has 2 nitrogen and oxygen atoms in total. The van der Waals surface area contributed by atoms with Crippen LogP contribution in [-0.4, -0.2) is 5.91 Å². The highest BCUT2D eigenvalue weighted by Crippen LogP contribution is 2.26. The van der Waals surface area contributed by atoms with Crippen LogP contribution in [0.3, 0.4) is 0 Å². The number of hydrogen-bond donors (Lipinski definition) is 1. The van der Waals surface area contributed by atoms with Gasteiger partial charge in [0.25, 0.3) is 0 Å². The first-order chi connectivity index (χ1) is 8.08. The van der Waals surface area contributed by atoms with Gasteiger partial charge in [-0.2, -0.15) is 0 Å². The predicted octanol–water partition coefficient (Wildman–Crippen LogP) is 3.52. The third kappa shape index (κ3) is 2.56. The fraction of sp³-hybridized carbons (Fsp3) is 0.0714. The van der Waals surface area contributed by atoms with Crippen LogP contribution in [0.25, 0.3) is 11.1 Å². The Balaban J connectivity index is 2.48. The zero-order chi connectivity index (χ0) is 12.4. The molecule has 0 aliphatic carbocycles. The number of carbonyl (C=O) groups excluding carboxylic acids is 1. The second-order valence-electron chi connectivity index (χ2n) is 3.93. The van der Waals surface area contributed by atoms with Gasteiger partial charge < -0.3 is 5.73 Å². The van der Waals surface area contributed by atoms with Gasteiger partial charge >= 0.3 is 0 Å². The van der Waals surface area contributed by atoms with Crippen LogP contribution in [0.1, 0.15) is 15.9 Å². The average Bonchev–Trinajstić information content (AvgIpc) is 2.28. The number of aryl methyl sites for hydroxylation is 1. The highest BCUT2D eigenvalue weighted by atomic mass is 79.9. The molecular formula is C14H12BrNO. The van der Waals surface area contributed by atoms with Crippen LogP contribution in [0, 0.1) is 6.92 Å². The zero-order valence-electron chi connectivity index (χ0n) is 9.41. The van der Waals surface area contributed by atoms with Crippen molar-refractivity contribution in [3.8, 4) is 11.1 Å². The van der Waals surface area contributed by atoms with Crippen molar-refractivity contribution in [3.05, 3.63) is 58.1 Å². The maximum absolute atomic E-state index is 11.1. The minimum Gasteiger partial charge on any atom is -0.366 e. The van der Waals surface area contributed by atoms with Gasteiger partial charge in [0.2, 0.25) is 5.91 Å². The molecule has 17 heavy (non-hydrogen) atoms. The van der Waals surface area contributed by atoms with Crippen molar-refractivity contribution in [2.24, 2.45) is 5.73 Å². The van der Waals surface area contributed by atoms with Crippen LogP contribution >= 0.6 is 15.9 Å². The van der Waals surface area contributed by atoms with Crippen LogP contribution in [0.15, 0.2) is 46.9 Å². The first kappa shape index (κ1) is 11.9. The largest absolute Gasteiger partial charge is 0.366 e. The molecule has 0 bridgehead atoms. The van der Waals surface area contributed by atoms with E-state index >= 15 is 0 Å². The molecule has 0 aliphatic rings. The van der Waals surface area contributed by atoms with Gasteiger partial charge in [-0.1, -0.05) is 35.9 Å². The van der Waals surface area contributed by atoms with Crippen molar-refractivity contribution < 1.29 is 4.79 Å². The van der Waals surface area contributed by atoms with Gasteiger partial charge in [-0.3, -0.25) is 4.79 Å². The molecule has 0 saturated heterocycles. The molecule has 1 amide bonds. The van der Waals surface area contributed by atoms with Gasteiger partial charge in [-0.25, -0.2) is 0 Å². The Labute approximate surface area is 109 Å². The van der Waals surface area contributed by atoms with Gasteiger partial charge in [-0.05, 0) is 46.1 Å². The van der Waals surface area contributed by atoms with Crippen molar-refractivity contribution in [2.75, 3.05) is 0 Å². The molecule has 0 fully saturated rings. The summed E-state index contributed by atoms with van der Waals surface area (Å²) in [7, 11) is 0. The molecule has 0 radical (unpaired) electrons. The fourth-order valence-corrected chi connectivity index (χ4v) is 2.29. The van der Waals surface area contributed by atoms with Crippen molar-refractivity contribution in [1.82, 2.24) is 0 Å². The zero-order valence-corrected chi connectivity index (χ0v) is 11.0. The van der Waals surface area contributed by atoms with Crippen molar-refractivity contribution in [1.29, 1.82) is 0 Å². The minimum absolute atomic E-state index is 0.423. The first-order valence-corrected chi connectivity index (χ1v) is 6.03. The van der Waals surface area contributed by atoms with E-state index in [1.54, 1.807) is 6.07 Å². The highest BCUT2D eigenvalue weighted by Gasteiger charge is 2.07. The summed E-state index contributed by atoms with van der Waals surface area (Å²) in [5.41, 5.74) is 9.15. The van der Waals surface area contributed by atoms with Gasteiger partial charge in [0.05, 0.1) is 5.56 Å². The summed E-state index contributed by atoms with van der Waals surface area (Å²) in [6.07, 6.45) is 0. The molecule has 0 aromatic heterocycles. The van der Waals surface area contributed by atoms with Gasteiger partial charge in [0.1, 0.15) is 0 Å². The van der Waals surface area contributed by atoms with Crippen molar-refractivity contribution in [2.45, 2.75) is 6.92 Å². The second kappa shape index (κ2) is 4.72. The Bertz CT molecular complexity index is 578. The Hall–Kier alpha value is -1.61. The summed E-state index contributed by atoms with van der Waals surface area (Å²) in [5, 5.41) is 0. The minimum atomic E-state index is -0.423. The molecule has 0 spiro atoms. The molecule has 2 aromatic rings. The quantitative estimate of drug-likeness (QED) is 0.903. The Kier molecular flexibility index (Phi) is 3.29. The number of rotatable bonds is 2. The summed E-state index contributed by atoms with van der Waals surface area (Å²) in [6.45, 7) is 2.05. The van der Waals surface area contributed by atoms with Gasteiger partial charge in [-0.15, -0.1) is 0 Å². The lowest BCUT2D eigenvalue weighted by Crippen LogP contribution is -2.11. The van der Waals surface area contributed by atoms with Crippen molar-refractivity contribution >= 4 is 21.8 Å². The lowest BCUT2D eigenvalue weighted by Gasteiger charge is -2.06. The third-order valence-corrected chi connectivity index (χ3v) is 3.24. The number of amides is 1. The maximum atomic E-state index is 11.1. The monoisotopic (exact) mass is 289 g/mol. The molecular weight excluding hydrogens is 278 g/mol. The number of nitrogens with two attached hydrogens (primary N) is 1. The summed E-state index contributed by atoms with van der Waals surface area (Å²) < 4.78 is 0.726. The first-order valence-electron chi connectivity index (χ1n) is 5.24. The Morgan fingerprint density at radius 3 is 2.41 bits per heavy atom. The topological polar surface area (TPSA) is 43.1 Å². The fourth-order valence-electron chi connectivity index (χ4n) is 1.72. The molecule has 2 rings (SSSR count). The smallest absolute Gasteiger partial charge is 0.249 e. The molecule has 2 aromatic carbocycles. The molecule has 0 heterocycles. The van der Waals surface area contributed by atoms with E-state index in [0.29, 0.717) is 5.56 Å². The van der Waals surface area contributed by atoms with E-state index < -0.39 is 5.91 Å². The van der Waals surface area contributed by atoms with E-state index in [2.05, 4.69) is 35.0 Å². The lowest BCUT2D eigenvalue weighted by molar-refractivity contribution is 0.0999. The van der Waals surface area contributed by atoms with Crippen LogP contribution < -0.4 is 5.73 Å². The van der Waals surface area contributed by atoms with E-state index in [0.717, 1.165) is 15.6 Å². The molecule has 3 heteroatoms. The van der Waals surface area contributed by atoms with Crippen LogP contribution in [0.5, 0.6) is 0 Å². The van der Waals surface area contributed by atoms with E-state index in [1.165, 1.54) is 5.56 Å². The highest BCUT2D eigenvalue weighted by molar-refractivity contribution is 9.10. The SMILES string of the molecule is Cc1cccc(-c2ccc(C(N)=O)c(Br)c2)c1. The molecule has 0 atom stereocenters. The Morgan fingerprint density at radius 2 is 1.82 bits per heavy atom. The van der Waals surface area contributed by atoms with Crippen LogP contribution in [-0.2, 0) is 0 Å². The molecule has 0 aliphatic heterocycles. The Morgan fingerprint density at radius 1 is 1.12 bits per heavy atom. The summed E-state index contributed by atoms with van der Waals surface area (Å²) >= 11 is 3.36. The van der Waals surface area contributed by atoms with Crippen LogP contribution in [0.4, 0.5) is 0 Å². The predicted molar refractivity (Wildman–Crippen MR) is 72.8 cm³/mol. The molecule has 2 N–H and O–H groups in total. The summed E-state index contributed by atoms with van der Waals surface area (Å²) in [6, 6.07) is 13.8. The molecule has 0 saturated carbocycles. The number of primary amides is 1. The second-order valence-corrected chi connectivity index (χ2v) is 4.78. The average molecular weight is 290 g/mol. The van der Waals surface area contributed by atoms with Crippen LogP contribution in [0.2, 0.25) is 0 Å². The van der Waals surface area contributed by atoms with E-state index in [-0.39, 0.29) is 0 Å². The number of hydrogen-bond acceptors (Lipinski definition) is 1. The van der Waals surface area contributed by atoms with Gasteiger partial charge in [0.15, 0.2) is 0 Å². The standard InChI is InChI=1S/C14H12BrNO/c1-9-3-2-4-10(7-9)11-5-6-12(14(16)17)13(15)8-11/h2-8H,1H3,(H2,16,17). The normalized spacial score (nSPS) is 10.2. The van der Waals surface area contributed by atoms with E-state index in [1.807, 2.05) is 24.3 Å². The summed E-state index contributed by atoms with van der Waals surface area (Å²) in [4.78, 5) is 11.1. The third-order valence-electron chi connectivity index (χ3n) is 2.59. The number of carbonyl (C=O) groups is 1. The number of halogens is 1.